The van der Waals surface area contributed by atoms with Gasteiger partial charge in [0, 0.05) is 23.2 Å². The molecule has 1 amide bonds. The minimum Gasteiger partial charge on any atom is -0.497 e. The summed E-state index contributed by atoms with van der Waals surface area (Å²) in [6.45, 7) is 2.08. The molecule has 0 fully saturated rings. The average molecular weight is 582 g/mol. The second-order valence-corrected chi connectivity index (χ2v) is 11.2. The van der Waals surface area contributed by atoms with Crippen molar-refractivity contribution in [2.24, 2.45) is 5.10 Å². The van der Waals surface area contributed by atoms with Gasteiger partial charge in [-0.2, -0.15) is 9.41 Å². The third-order valence-corrected chi connectivity index (χ3v) is 7.97. The Morgan fingerprint density at radius 2 is 1.60 bits per heavy atom. The molecule has 0 bridgehead atoms. The van der Waals surface area contributed by atoms with Gasteiger partial charge in [0.2, 0.25) is 10.0 Å². The van der Waals surface area contributed by atoms with E-state index in [1.807, 2.05) is 31.2 Å². The van der Waals surface area contributed by atoms with E-state index >= 15 is 0 Å². The van der Waals surface area contributed by atoms with Gasteiger partial charge in [-0.3, -0.25) is 4.79 Å². The first kappa shape index (κ1) is 28.9. The third-order valence-electron chi connectivity index (χ3n) is 5.92. The predicted octanol–water partition coefficient (Wildman–Crippen LogP) is 5.41. The SMILES string of the molecule is COc1cc(OC)cc(C(=O)N/N=C\c2ccc(CN(Cc3ccc(C)cc3)S(=O)(=O)c3ccc(Cl)cc3)o2)c1. The number of hydrogen-bond acceptors (Lipinski definition) is 7. The molecule has 0 radical (unpaired) electrons. The Kier molecular flexibility index (Phi) is 9.26. The lowest BCUT2D eigenvalue weighted by Gasteiger charge is -2.21. The molecule has 0 aliphatic rings. The smallest absolute Gasteiger partial charge is 0.271 e. The summed E-state index contributed by atoms with van der Waals surface area (Å²) in [4.78, 5) is 12.7. The van der Waals surface area contributed by atoms with Crippen LogP contribution in [0.2, 0.25) is 5.02 Å². The van der Waals surface area contributed by atoms with E-state index in [2.05, 4.69) is 10.5 Å². The predicted molar refractivity (Wildman–Crippen MR) is 152 cm³/mol. The van der Waals surface area contributed by atoms with Crippen molar-refractivity contribution in [1.82, 2.24) is 9.73 Å². The Morgan fingerprint density at radius 3 is 2.23 bits per heavy atom. The number of hydrazone groups is 1. The first-order chi connectivity index (χ1) is 19.2. The van der Waals surface area contributed by atoms with Crippen LogP contribution in [-0.4, -0.2) is 39.1 Å². The number of nitrogens with zero attached hydrogens (tertiary/aromatic N) is 2. The van der Waals surface area contributed by atoms with Crippen LogP contribution in [0.25, 0.3) is 0 Å². The molecule has 208 valence electrons. The summed E-state index contributed by atoms with van der Waals surface area (Å²) in [5, 5.41) is 4.40. The molecule has 4 aromatic rings. The van der Waals surface area contributed by atoms with Gasteiger partial charge in [0.05, 0.1) is 31.9 Å². The maximum absolute atomic E-state index is 13.5. The van der Waals surface area contributed by atoms with Crippen molar-refractivity contribution in [2.75, 3.05) is 14.2 Å². The number of rotatable bonds is 11. The van der Waals surface area contributed by atoms with Gasteiger partial charge in [-0.25, -0.2) is 13.8 Å². The van der Waals surface area contributed by atoms with E-state index < -0.39 is 15.9 Å². The van der Waals surface area contributed by atoms with E-state index in [-0.39, 0.29) is 18.0 Å². The van der Waals surface area contributed by atoms with Crippen LogP contribution in [0.15, 0.2) is 93.3 Å². The molecule has 40 heavy (non-hydrogen) atoms. The van der Waals surface area contributed by atoms with E-state index in [1.54, 1.807) is 30.3 Å². The van der Waals surface area contributed by atoms with Gasteiger partial charge in [0.25, 0.3) is 5.91 Å². The fourth-order valence-electron chi connectivity index (χ4n) is 3.76. The Hall–Kier alpha value is -4.12. The summed E-state index contributed by atoms with van der Waals surface area (Å²) in [7, 11) is -0.898. The van der Waals surface area contributed by atoms with Crippen molar-refractivity contribution in [1.29, 1.82) is 0 Å². The van der Waals surface area contributed by atoms with E-state index in [1.165, 1.54) is 49.0 Å². The third kappa shape index (κ3) is 7.29. The van der Waals surface area contributed by atoms with Crippen LogP contribution in [0.4, 0.5) is 0 Å². The molecule has 0 unspecified atom stereocenters. The monoisotopic (exact) mass is 581 g/mol. The highest BCUT2D eigenvalue weighted by Gasteiger charge is 2.26. The minimum absolute atomic E-state index is 0.0252. The number of hydrogen-bond donors (Lipinski definition) is 1. The van der Waals surface area contributed by atoms with Crippen molar-refractivity contribution in [3.63, 3.8) is 0 Å². The second-order valence-electron chi connectivity index (χ2n) is 8.82. The Labute approximate surface area is 238 Å². The molecule has 1 N–H and O–H groups in total. The van der Waals surface area contributed by atoms with Crippen LogP contribution in [-0.2, 0) is 23.1 Å². The number of carbonyl (C=O) groups is 1. The average Bonchev–Trinajstić information content (AvgIpc) is 3.40. The van der Waals surface area contributed by atoms with Gasteiger partial charge < -0.3 is 13.9 Å². The van der Waals surface area contributed by atoms with E-state index in [0.29, 0.717) is 33.6 Å². The molecule has 0 atom stereocenters. The molecule has 0 spiro atoms. The van der Waals surface area contributed by atoms with Crippen LogP contribution in [0.5, 0.6) is 11.5 Å². The highest BCUT2D eigenvalue weighted by atomic mass is 35.5. The lowest BCUT2D eigenvalue weighted by atomic mass is 10.1. The molecule has 1 aromatic heterocycles. The topological polar surface area (TPSA) is 110 Å². The summed E-state index contributed by atoms with van der Waals surface area (Å²) in [6.07, 6.45) is 1.33. The Bertz CT molecular complexity index is 1580. The maximum atomic E-state index is 13.5. The zero-order valence-electron chi connectivity index (χ0n) is 22.1. The van der Waals surface area contributed by atoms with Crippen molar-refractivity contribution >= 4 is 33.7 Å². The van der Waals surface area contributed by atoms with Gasteiger partial charge in [0.15, 0.2) is 0 Å². The molecule has 0 saturated heterocycles. The van der Waals surface area contributed by atoms with Gasteiger partial charge >= 0.3 is 0 Å². The molecule has 3 aromatic carbocycles. The lowest BCUT2D eigenvalue weighted by Crippen LogP contribution is -2.30. The molecule has 11 heteroatoms. The van der Waals surface area contributed by atoms with Crippen LogP contribution >= 0.6 is 11.6 Å². The Balaban J connectivity index is 1.50. The van der Waals surface area contributed by atoms with E-state index in [0.717, 1.165) is 11.1 Å². The summed E-state index contributed by atoms with van der Waals surface area (Å²) in [5.74, 6) is 1.19. The zero-order chi connectivity index (χ0) is 28.7. The number of halogens is 1. The van der Waals surface area contributed by atoms with Crippen molar-refractivity contribution in [3.8, 4) is 11.5 Å². The van der Waals surface area contributed by atoms with Crippen LogP contribution in [0.3, 0.4) is 0 Å². The van der Waals surface area contributed by atoms with Gasteiger partial charge in [-0.05, 0) is 61.0 Å². The number of benzene rings is 3. The number of sulfonamides is 1. The quantitative estimate of drug-likeness (QED) is 0.187. The maximum Gasteiger partial charge on any atom is 0.271 e. The zero-order valence-corrected chi connectivity index (χ0v) is 23.7. The normalized spacial score (nSPS) is 11.6. The molecule has 4 rings (SSSR count). The molecule has 0 aliphatic heterocycles. The number of ether oxygens (including phenoxy) is 2. The first-order valence-electron chi connectivity index (χ1n) is 12.1. The number of carbonyl (C=O) groups excluding carboxylic acids is 1. The molecular weight excluding hydrogens is 554 g/mol. The second kappa shape index (κ2) is 12.8. The van der Waals surface area contributed by atoms with Crippen LogP contribution < -0.4 is 14.9 Å². The fraction of sp³-hybridized carbons (Fsp3) is 0.172. The first-order valence-corrected chi connectivity index (χ1v) is 14.0. The molecule has 0 saturated carbocycles. The van der Waals surface area contributed by atoms with Crippen LogP contribution in [0.1, 0.15) is 33.0 Å². The van der Waals surface area contributed by atoms with Crippen molar-refractivity contribution < 1.29 is 27.1 Å². The molecule has 1 heterocycles. The summed E-state index contributed by atoms with van der Waals surface area (Å²) in [5.41, 5.74) is 4.63. The number of furan rings is 1. The summed E-state index contributed by atoms with van der Waals surface area (Å²) in [6, 6.07) is 21.7. The number of nitrogens with one attached hydrogen (secondary N) is 1. The molecular formula is C29H28ClN3O6S. The van der Waals surface area contributed by atoms with E-state index in [4.69, 9.17) is 25.5 Å². The van der Waals surface area contributed by atoms with E-state index in [9.17, 15) is 13.2 Å². The molecule has 9 nitrogen and oxygen atoms in total. The lowest BCUT2D eigenvalue weighted by molar-refractivity contribution is 0.0954. The highest BCUT2D eigenvalue weighted by molar-refractivity contribution is 7.89. The van der Waals surface area contributed by atoms with Gasteiger partial charge in [-0.1, -0.05) is 41.4 Å². The summed E-state index contributed by atoms with van der Waals surface area (Å²) >= 11 is 5.97. The Morgan fingerprint density at radius 1 is 0.950 bits per heavy atom. The highest BCUT2D eigenvalue weighted by Crippen LogP contribution is 2.24. The summed E-state index contributed by atoms with van der Waals surface area (Å²) < 4.78 is 44.6. The van der Waals surface area contributed by atoms with Gasteiger partial charge in [-0.15, -0.1) is 0 Å². The number of amides is 1. The van der Waals surface area contributed by atoms with Crippen molar-refractivity contribution in [3.05, 3.63) is 112 Å². The largest absolute Gasteiger partial charge is 0.497 e. The van der Waals surface area contributed by atoms with Crippen molar-refractivity contribution in [2.45, 2.75) is 24.9 Å². The molecule has 0 aliphatic carbocycles. The number of methoxy groups -OCH3 is 2. The minimum atomic E-state index is -3.88. The fourth-order valence-corrected chi connectivity index (χ4v) is 5.28. The standard InChI is InChI=1S/C29H28ClN3O6S/c1-20-4-6-21(7-5-20)18-33(40(35,36)28-12-8-23(30)9-13-28)19-25-11-10-24(39-25)17-31-32-29(34)22-14-26(37-2)16-27(15-22)38-3/h4-17H,18-19H2,1-3H3,(H,32,34)/b31-17-. The van der Waals surface area contributed by atoms with Gasteiger partial charge in [0.1, 0.15) is 23.0 Å². The number of aryl methyl sites for hydroxylation is 1. The van der Waals surface area contributed by atoms with Crippen LogP contribution in [0, 0.1) is 6.92 Å².